The number of nitrogens with one attached hydrogen (secondary N) is 2. The third-order valence-electron chi connectivity index (χ3n) is 6.46. The van der Waals surface area contributed by atoms with E-state index in [1.165, 1.54) is 21.9 Å². The van der Waals surface area contributed by atoms with Gasteiger partial charge in [-0.15, -0.1) is 11.3 Å². The Bertz CT molecular complexity index is 1380. The van der Waals surface area contributed by atoms with E-state index in [9.17, 15) is 5.26 Å². The zero-order valence-corrected chi connectivity index (χ0v) is 22.5. The van der Waals surface area contributed by atoms with Crippen molar-refractivity contribution in [2.24, 2.45) is 0 Å². The van der Waals surface area contributed by atoms with E-state index in [0.717, 1.165) is 70.6 Å². The molecule has 0 saturated carbocycles. The van der Waals surface area contributed by atoms with E-state index < -0.39 is 0 Å². The summed E-state index contributed by atoms with van der Waals surface area (Å²) in [4.78, 5) is 9.21. The Labute approximate surface area is 219 Å². The molecule has 0 aliphatic carbocycles. The van der Waals surface area contributed by atoms with Crippen LogP contribution in [0.2, 0.25) is 0 Å². The number of aromatic amines is 1. The number of H-pyrrole nitrogens is 1. The number of allylic oxidation sites excluding steroid dienone is 2. The summed E-state index contributed by atoms with van der Waals surface area (Å²) in [5.74, 6) is 0. The average molecular weight is 497 g/mol. The van der Waals surface area contributed by atoms with Crippen molar-refractivity contribution in [1.82, 2.24) is 15.3 Å². The van der Waals surface area contributed by atoms with Crippen LogP contribution in [0.3, 0.4) is 0 Å². The van der Waals surface area contributed by atoms with Gasteiger partial charge in [0.2, 0.25) is 0 Å². The van der Waals surface area contributed by atoms with Crippen LogP contribution in [-0.4, -0.2) is 23.6 Å². The quantitative estimate of drug-likeness (QED) is 0.303. The van der Waals surface area contributed by atoms with E-state index in [1.807, 2.05) is 55.7 Å². The Morgan fingerprint density at radius 3 is 2.61 bits per heavy atom. The summed E-state index contributed by atoms with van der Waals surface area (Å²) in [7, 11) is 1.95. The highest BCUT2D eigenvalue weighted by Crippen LogP contribution is 2.24. The van der Waals surface area contributed by atoms with Crippen LogP contribution in [0.25, 0.3) is 22.8 Å². The summed E-state index contributed by atoms with van der Waals surface area (Å²) < 4.78 is 0. The fraction of sp³-hybridized carbons (Fsp3) is 0.290. The molecule has 36 heavy (non-hydrogen) atoms. The fourth-order valence-corrected chi connectivity index (χ4v) is 5.28. The molecule has 0 unspecified atom stereocenters. The molecule has 0 bridgehead atoms. The summed E-state index contributed by atoms with van der Waals surface area (Å²) in [5.41, 5.74) is 6.66. The molecule has 0 radical (unpaired) electrons. The van der Waals surface area contributed by atoms with Crippen LogP contribution in [0.1, 0.15) is 60.5 Å². The summed E-state index contributed by atoms with van der Waals surface area (Å²) in [5, 5.41) is 16.6. The van der Waals surface area contributed by atoms with Gasteiger partial charge in [-0.3, -0.25) is 0 Å². The van der Waals surface area contributed by atoms with E-state index in [2.05, 4.69) is 54.6 Å². The Kier molecular flexibility index (Phi) is 10.2. The molecule has 186 valence electrons. The molecule has 0 aliphatic rings. The minimum Gasteiger partial charge on any atom is -0.361 e. The summed E-state index contributed by atoms with van der Waals surface area (Å²) in [6, 6.07) is 12.5. The molecule has 0 fully saturated rings. The maximum Gasteiger partial charge on any atom is 0.121 e. The Morgan fingerprint density at radius 1 is 1.22 bits per heavy atom. The lowest BCUT2D eigenvalue weighted by Gasteiger charge is -2.11. The van der Waals surface area contributed by atoms with Gasteiger partial charge in [0, 0.05) is 28.1 Å². The lowest BCUT2D eigenvalue weighted by atomic mass is 9.93. The second kappa shape index (κ2) is 13.6. The van der Waals surface area contributed by atoms with E-state index in [-0.39, 0.29) is 0 Å². The molecule has 0 saturated heterocycles. The van der Waals surface area contributed by atoms with Crippen molar-refractivity contribution in [1.29, 1.82) is 5.26 Å². The summed E-state index contributed by atoms with van der Waals surface area (Å²) >= 11 is 1.65. The molecule has 2 aromatic heterocycles. The minimum absolute atomic E-state index is 0.804. The van der Waals surface area contributed by atoms with Crippen molar-refractivity contribution in [3.05, 3.63) is 99.1 Å². The normalized spacial score (nSPS) is 13.5. The molecule has 0 amide bonds. The van der Waals surface area contributed by atoms with Crippen molar-refractivity contribution >= 4 is 34.1 Å². The van der Waals surface area contributed by atoms with Gasteiger partial charge in [0.15, 0.2) is 0 Å². The number of thiazole rings is 1. The molecular formula is C31H36N4S. The van der Waals surface area contributed by atoms with Gasteiger partial charge in [-0.25, -0.2) is 4.98 Å². The highest BCUT2D eigenvalue weighted by molar-refractivity contribution is 7.13. The van der Waals surface area contributed by atoms with Crippen molar-refractivity contribution < 1.29 is 0 Å². The first kappa shape index (κ1) is 27.1. The number of hydrogen-bond acceptors (Lipinski definition) is 4. The average Bonchev–Trinajstić information content (AvgIpc) is 3.56. The number of nitriles is 1. The van der Waals surface area contributed by atoms with Crippen LogP contribution < -0.4 is 15.9 Å². The molecule has 0 spiro atoms. The number of aryl methyl sites for hydroxylation is 1. The predicted octanol–water partition coefficient (Wildman–Crippen LogP) is 5.99. The molecule has 0 atom stereocenters. The monoisotopic (exact) mass is 496 g/mol. The lowest BCUT2D eigenvalue weighted by molar-refractivity contribution is 0.728. The number of rotatable bonds is 12. The SMILES string of the molecule is C=C/C(CC)=c1/c(CCC/C(CCNC)=C(/C#N)c2ccccc2)c[nH]/c1=C(/C)c1ncc(C=C)s1. The van der Waals surface area contributed by atoms with Crippen LogP contribution >= 0.6 is 11.3 Å². The minimum atomic E-state index is 0.804. The number of hydrogen-bond donors (Lipinski definition) is 2. The maximum atomic E-state index is 9.98. The highest BCUT2D eigenvalue weighted by Gasteiger charge is 2.12. The van der Waals surface area contributed by atoms with Crippen LogP contribution in [0.5, 0.6) is 0 Å². The Balaban J connectivity index is 1.98. The van der Waals surface area contributed by atoms with E-state index in [1.54, 1.807) is 11.3 Å². The van der Waals surface area contributed by atoms with Crippen LogP contribution in [-0.2, 0) is 6.42 Å². The van der Waals surface area contributed by atoms with Crippen molar-refractivity contribution in [3.63, 3.8) is 0 Å². The van der Waals surface area contributed by atoms with Crippen LogP contribution in [0, 0.1) is 11.3 Å². The molecule has 2 N–H and O–H groups in total. The largest absolute Gasteiger partial charge is 0.361 e. The zero-order chi connectivity index (χ0) is 25.9. The topological polar surface area (TPSA) is 64.5 Å². The van der Waals surface area contributed by atoms with Crippen molar-refractivity contribution in [2.75, 3.05) is 13.6 Å². The third-order valence-corrected chi connectivity index (χ3v) is 7.57. The molecular weight excluding hydrogens is 460 g/mol. The van der Waals surface area contributed by atoms with Crippen molar-refractivity contribution in [2.45, 2.75) is 46.0 Å². The van der Waals surface area contributed by atoms with Gasteiger partial charge in [0.05, 0.1) is 17.0 Å². The van der Waals surface area contributed by atoms with Gasteiger partial charge in [-0.05, 0) is 69.3 Å². The van der Waals surface area contributed by atoms with E-state index in [0.29, 0.717) is 0 Å². The van der Waals surface area contributed by atoms with Gasteiger partial charge in [-0.2, -0.15) is 5.26 Å². The fourth-order valence-electron chi connectivity index (χ4n) is 4.50. The molecule has 4 nitrogen and oxygen atoms in total. The van der Waals surface area contributed by atoms with Crippen LogP contribution in [0.15, 0.2) is 67.5 Å². The molecule has 2 heterocycles. The smallest absolute Gasteiger partial charge is 0.121 e. The first-order chi connectivity index (χ1) is 17.6. The number of benzene rings is 1. The standard InChI is InChI=1S/C31H36N4S/c1-6-23(7-2)29-26(20-34-30(29)22(4)31-35-21-27(8-3)36-31)16-12-15-25(17-18-33-5)28(19-32)24-13-10-9-11-14-24/h6,8-11,13-14,20-21,33-34H,1,3,7,12,15-18H2,2,4-5H3/b28-25+,29-23+,30-22-. The Hall–Kier alpha value is -3.46. The van der Waals surface area contributed by atoms with E-state index >= 15 is 0 Å². The predicted molar refractivity (Wildman–Crippen MR) is 155 cm³/mol. The van der Waals surface area contributed by atoms with Gasteiger partial charge in [0.1, 0.15) is 5.01 Å². The van der Waals surface area contributed by atoms with Gasteiger partial charge in [0.25, 0.3) is 0 Å². The van der Waals surface area contributed by atoms with Gasteiger partial charge >= 0.3 is 0 Å². The van der Waals surface area contributed by atoms with Crippen LogP contribution in [0.4, 0.5) is 0 Å². The molecule has 3 rings (SSSR count). The molecule has 0 aliphatic heterocycles. The van der Waals surface area contributed by atoms with Gasteiger partial charge < -0.3 is 10.3 Å². The summed E-state index contributed by atoms with van der Waals surface area (Å²) in [6.07, 6.45) is 12.4. The van der Waals surface area contributed by atoms with Crippen molar-refractivity contribution in [3.8, 4) is 6.07 Å². The summed E-state index contributed by atoms with van der Waals surface area (Å²) in [6.45, 7) is 13.1. The maximum absolute atomic E-state index is 9.98. The molecule has 1 aromatic carbocycles. The lowest BCUT2D eigenvalue weighted by Crippen LogP contribution is -2.29. The van der Waals surface area contributed by atoms with Gasteiger partial charge in [-0.1, -0.05) is 68.1 Å². The van der Waals surface area contributed by atoms with E-state index in [4.69, 9.17) is 0 Å². The number of nitrogens with zero attached hydrogens (tertiary/aromatic N) is 2. The first-order valence-electron chi connectivity index (χ1n) is 12.5. The first-order valence-corrected chi connectivity index (χ1v) is 13.3. The zero-order valence-electron chi connectivity index (χ0n) is 21.7. The third kappa shape index (κ3) is 6.40. The highest BCUT2D eigenvalue weighted by atomic mass is 32.1. The number of aromatic nitrogens is 2. The molecule has 3 aromatic rings. The second-order valence-electron chi connectivity index (χ2n) is 8.71. The Morgan fingerprint density at radius 2 is 2.00 bits per heavy atom. The molecule has 5 heteroatoms. The second-order valence-corrected chi connectivity index (χ2v) is 9.77.